The molecule has 2 aliphatic rings. The van der Waals surface area contributed by atoms with Crippen molar-refractivity contribution in [2.45, 2.75) is 19.1 Å². The largest absolute Gasteiger partial charge is 0.467 e. The molecule has 2 fully saturated rings. The quantitative estimate of drug-likeness (QED) is 0.806. The second-order valence-electron chi connectivity index (χ2n) is 7.61. The zero-order valence-electron chi connectivity index (χ0n) is 17.0. The maximum absolute atomic E-state index is 13.3. The second kappa shape index (κ2) is 9.77. The minimum Gasteiger partial charge on any atom is -0.467 e. The van der Waals surface area contributed by atoms with Gasteiger partial charge in [0.05, 0.1) is 26.0 Å². The predicted molar refractivity (Wildman–Crippen MR) is 111 cm³/mol. The third-order valence-corrected chi connectivity index (χ3v) is 5.58. The summed E-state index contributed by atoms with van der Waals surface area (Å²) in [6.07, 6.45) is 1.58. The highest BCUT2D eigenvalue weighted by Gasteiger charge is 2.38. The summed E-state index contributed by atoms with van der Waals surface area (Å²) in [4.78, 5) is 31.9. The molecule has 0 aliphatic carbocycles. The number of furan rings is 1. The van der Waals surface area contributed by atoms with Gasteiger partial charge in [-0.05, 0) is 17.7 Å². The zero-order chi connectivity index (χ0) is 20.8. The number of hydrogen-bond donors (Lipinski definition) is 1. The van der Waals surface area contributed by atoms with Gasteiger partial charge in [-0.15, -0.1) is 0 Å². The molecule has 4 rings (SSSR count). The van der Waals surface area contributed by atoms with Crippen molar-refractivity contribution in [3.63, 3.8) is 0 Å². The summed E-state index contributed by atoms with van der Waals surface area (Å²) in [6, 6.07) is 13.0. The van der Waals surface area contributed by atoms with Crippen LogP contribution in [0.25, 0.3) is 0 Å². The third-order valence-electron chi connectivity index (χ3n) is 5.58. The standard InChI is InChI=1S/C22H28N4O4/c27-21(25-10-13-29-14-11-25)20-17-24(16-18-5-2-1-3-6-18)8-9-26(20)22(28)23-15-19-7-4-12-30-19/h1-7,12,20H,8-11,13-17H2,(H,23,28). The van der Waals surface area contributed by atoms with Crippen LogP contribution in [0, 0.1) is 0 Å². The SMILES string of the molecule is O=C(C1CN(Cc2ccccc2)CCN1C(=O)NCc1ccco1)N1CCOCC1. The first-order chi connectivity index (χ1) is 14.7. The molecule has 2 aromatic rings. The normalized spacial score (nSPS) is 20.2. The van der Waals surface area contributed by atoms with Gasteiger partial charge in [0.25, 0.3) is 0 Å². The Morgan fingerprint density at radius 1 is 1.00 bits per heavy atom. The molecule has 8 heteroatoms. The molecule has 1 atom stereocenters. The van der Waals surface area contributed by atoms with E-state index in [4.69, 9.17) is 9.15 Å². The lowest BCUT2D eigenvalue weighted by Crippen LogP contribution is -2.63. The number of nitrogens with one attached hydrogen (secondary N) is 1. The minimum atomic E-state index is -0.517. The van der Waals surface area contributed by atoms with Gasteiger partial charge < -0.3 is 24.3 Å². The van der Waals surface area contributed by atoms with Crippen molar-refractivity contribution in [1.82, 2.24) is 20.0 Å². The molecule has 0 spiro atoms. The lowest BCUT2D eigenvalue weighted by Gasteiger charge is -2.42. The first-order valence-electron chi connectivity index (χ1n) is 10.4. The van der Waals surface area contributed by atoms with Crippen LogP contribution in [0.2, 0.25) is 0 Å². The van der Waals surface area contributed by atoms with E-state index in [0.29, 0.717) is 51.7 Å². The number of urea groups is 1. The highest BCUT2D eigenvalue weighted by Crippen LogP contribution is 2.17. The van der Waals surface area contributed by atoms with E-state index in [0.717, 1.165) is 13.1 Å². The summed E-state index contributed by atoms with van der Waals surface area (Å²) in [6.45, 7) is 5.00. The molecule has 3 amide bonds. The van der Waals surface area contributed by atoms with Crippen LogP contribution < -0.4 is 5.32 Å². The molecule has 0 radical (unpaired) electrons. The van der Waals surface area contributed by atoms with Crippen molar-refractivity contribution >= 4 is 11.9 Å². The smallest absolute Gasteiger partial charge is 0.318 e. The molecule has 1 aromatic carbocycles. The summed E-state index contributed by atoms with van der Waals surface area (Å²) < 4.78 is 10.7. The van der Waals surface area contributed by atoms with E-state index in [1.165, 1.54) is 5.56 Å². The maximum atomic E-state index is 13.3. The summed E-state index contributed by atoms with van der Waals surface area (Å²) in [5.41, 5.74) is 1.20. The summed E-state index contributed by atoms with van der Waals surface area (Å²) in [5, 5.41) is 2.89. The molecule has 8 nitrogen and oxygen atoms in total. The van der Waals surface area contributed by atoms with Gasteiger partial charge in [-0.1, -0.05) is 30.3 Å². The number of nitrogens with zero attached hydrogens (tertiary/aromatic N) is 3. The lowest BCUT2D eigenvalue weighted by molar-refractivity contribution is -0.142. The fraction of sp³-hybridized carbons (Fsp3) is 0.455. The first kappa shape index (κ1) is 20.4. The van der Waals surface area contributed by atoms with Gasteiger partial charge in [0.2, 0.25) is 5.91 Å². The number of amides is 3. The highest BCUT2D eigenvalue weighted by molar-refractivity contribution is 5.87. The number of rotatable bonds is 5. The fourth-order valence-corrected chi connectivity index (χ4v) is 3.95. The molecule has 1 unspecified atom stereocenters. The molecular weight excluding hydrogens is 384 g/mol. The first-order valence-corrected chi connectivity index (χ1v) is 10.4. The van der Waals surface area contributed by atoms with Crippen LogP contribution in [0.1, 0.15) is 11.3 Å². The minimum absolute atomic E-state index is 0.00999. The van der Waals surface area contributed by atoms with Crippen molar-refractivity contribution in [2.75, 3.05) is 45.9 Å². The number of benzene rings is 1. The van der Waals surface area contributed by atoms with Gasteiger partial charge in [-0.25, -0.2) is 4.79 Å². The van der Waals surface area contributed by atoms with Crippen LogP contribution in [0.4, 0.5) is 4.79 Å². The monoisotopic (exact) mass is 412 g/mol. The molecule has 2 saturated heterocycles. The number of ether oxygens (including phenoxy) is 1. The average Bonchev–Trinajstić information content (AvgIpc) is 3.32. The Kier molecular flexibility index (Phi) is 6.66. The van der Waals surface area contributed by atoms with Gasteiger partial charge in [0.1, 0.15) is 11.8 Å². The van der Waals surface area contributed by atoms with E-state index in [9.17, 15) is 9.59 Å². The third kappa shape index (κ3) is 5.01. The molecule has 0 bridgehead atoms. The molecule has 30 heavy (non-hydrogen) atoms. The average molecular weight is 412 g/mol. The van der Waals surface area contributed by atoms with Crippen LogP contribution >= 0.6 is 0 Å². The Balaban J connectivity index is 1.44. The molecular formula is C22H28N4O4. The van der Waals surface area contributed by atoms with E-state index < -0.39 is 6.04 Å². The van der Waals surface area contributed by atoms with E-state index in [1.54, 1.807) is 17.2 Å². The Morgan fingerprint density at radius 3 is 2.53 bits per heavy atom. The summed E-state index contributed by atoms with van der Waals surface area (Å²) in [5.74, 6) is 0.673. The molecule has 1 aromatic heterocycles. The number of carbonyl (C=O) groups excluding carboxylic acids is 2. The Bertz CT molecular complexity index is 821. The van der Waals surface area contributed by atoms with E-state index in [2.05, 4.69) is 22.3 Å². The van der Waals surface area contributed by atoms with Gasteiger partial charge in [0.15, 0.2) is 0 Å². The van der Waals surface area contributed by atoms with E-state index in [-0.39, 0.29) is 11.9 Å². The zero-order valence-corrected chi connectivity index (χ0v) is 17.0. The van der Waals surface area contributed by atoms with Crippen LogP contribution in [-0.4, -0.2) is 78.6 Å². The van der Waals surface area contributed by atoms with Crippen molar-refractivity contribution < 1.29 is 18.7 Å². The van der Waals surface area contributed by atoms with Crippen LogP contribution in [0.15, 0.2) is 53.1 Å². The second-order valence-corrected chi connectivity index (χ2v) is 7.61. The highest BCUT2D eigenvalue weighted by atomic mass is 16.5. The molecule has 1 N–H and O–H groups in total. The van der Waals surface area contributed by atoms with Crippen molar-refractivity contribution in [2.24, 2.45) is 0 Å². The van der Waals surface area contributed by atoms with Crippen molar-refractivity contribution in [3.05, 3.63) is 60.1 Å². The maximum Gasteiger partial charge on any atom is 0.318 e. The van der Waals surface area contributed by atoms with Crippen LogP contribution in [-0.2, 0) is 22.6 Å². The molecule has 3 heterocycles. The van der Waals surface area contributed by atoms with Crippen molar-refractivity contribution in [1.29, 1.82) is 0 Å². The van der Waals surface area contributed by atoms with E-state index in [1.807, 2.05) is 29.2 Å². The molecule has 2 aliphatic heterocycles. The Labute approximate surface area is 176 Å². The summed E-state index contributed by atoms with van der Waals surface area (Å²) in [7, 11) is 0. The van der Waals surface area contributed by atoms with Crippen molar-refractivity contribution in [3.8, 4) is 0 Å². The van der Waals surface area contributed by atoms with Crippen LogP contribution in [0.5, 0.6) is 0 Å². The lowest BCUT2D eigenvalue weighted by atomic mass is 10.1. The Morgan fingerprint density at radius 2 is 1.80 bits per heavy atom. The number of hydrogen-bond acceptors (Lipinski definition) is 5. The van der Waals surface area contributed by atoms with Gasteiger partial charge >= 0.3 is 6.03 Å². The molecule has 0 saturated carbocycles. The predicted octanol–water partition coefficient (Wildman–Crippen LogP) is 1.53. The van der Waals surface area contributed by atoms with Gasteiger partial charge in [-0.3, -0.25) is 9.69 Å². The van der Waals surface area contributed by atoms with Gasteiger partial charge in [0, 0.05) is 39.3 Å². The summed E-state index contributed by atoms with van der Waals surface area (Å²) >= 11 is 0. The number of carbonyl (C=O) groups is 2. The van der Waals surface area contributed by atoms with Crippen LogP contribution in [0.3, 0.4) is 0 Å². The number of morpholine rings is 1. The fourth-order valence-electron chi connectivity index (χ4n) is 3.95. The van der Waals surface area contributed by atoms with E-state index >= 15 is 0 Å². The van der Waals surface area contributed by atoms with Gasteiger partial charge in [-0.2, -0.15) is 0 Å². The number of piperazine rings is 1. The molecule has 160 valence electrons. The Hall–Kier alpha value is -2.84. The topological polar surface area (TPSA) is 78.3 Å².